The summed E-state index contributed by atoms with van der Waals surface area (Å²) in [5, 5.41) is 29.3. The van der Waals surface area contributed by atoms with E-state index < -0.39 is 12.1 Å². The Morgan fingerprint density at radius 3 is 2.41 bits per heavy atom. The standard InChI is InChI=1S/C17H19NO4/c1-11(17(21)12-3-5-14(19)6-4-12)18-10-13-9-15(22-2)7-8-16(13)20/h3-11,17,19-21H,1-2H3/t11-,17+/m0/s1. The molecule has 2 aromatic carbocycles. The molecule has 3 N–H and O–H groups in total. The molecule has 0 aliphatic carbocycles. The van der Waals surface area contributed by atoms with Gasteiger partial charge in [0.2, 0.25) is 0 Å². The molecule has 5 heteroatoms. The fourth-order valence-corrected chi connectivity index (χ4v) is 1.99. The van der Waals surface area contributed by atoms with Crippen molar-refractivity contribution in [2.75, 3.05) is 7.11 Å². The predicted octanol–water partition coefficient (Wildman–Crippen LogP) is 2.65. The van der Waals surface area contributed by atoms with Crippen LogP contribution in [0.5, 0.6) is 17.2 Å². The van der Waals surface area contributed by atoms with E-state index >= 15 is 0 Å². The largest absolute Gasteiger partial charge is 0.508 e. The first-order valence-electron chi connectivity index (χ1n) is 6.88. The van der Waals surface area contributed by atoms with Gasteiger partial charge in [-0.2, -0.15) is 0 Å². The summed E-state index contributed by atoms with van der Waals surface area (Å²) in [7, 11) is 1.55. The lowest BCUT2D eigenvalue weighted by Gasteiger charge is -2.15. The molecule has 0 bridgehead atoms. The molecule has 0 fully saturated rings. The number of aliphatic hydroxyl groups excluding tert-OH is 1. The van der Waals surface area contributed by atoms with Crippen molar-refractivity contribution < 1.29 is 20.1 Å². The molecule has 0 saturated carbocycles. The van der Waals surface area contributed by atoms with Gasteiger partial charge in [-0.05, 0) is 42.8 Å². The SMILES string of the molecule is COc1ccc(O)c(C=N[C@@H](C)[C@@H](O)c2ccc(O)cc2)c1. The molecule has 2 rings (SSSR count). The van der Waals surface area contributed by atoms with Gasteiger partial charge in [-0.3, -0.25) is 4.99 Å². The molecule has 0 aromatic heterocycles. The van der Waals surface area contributed by atoms with Crippen LogP contribution in [0, 0.1) is 0 Å². The molecule has 0 aliphatic heterocycles. The van der Waals surface area contributed by atoms with Crippen LogP contribution in [0.4, 0.5) is 0 Å². The zero-order valence-corrected chi connectivity index (χ0v) is 12.5. The lowest BCUT2D eigenvalue weighted by atomic mass is 10.0. The first-order chi connectivity index (χ1) is 10.5. The number of aromatic hydroxyl groups is 2. The van der Waals surface area contributed by atoms with Gasteiger partial charge in [-0.25, -0.2) is 0 Å². The van der Waals surface area contributed by atoms with Crippen LogP contribution in [0.3, 0.4) is 0 Å². The quantitative estimate of drug-likeness (QED) is 0.741. The number of nitrogens with zero attached hydrogens (tertiary/aromatic N) is 1. The Labute approximate surface area is 129 Å². The molecule has 0 amide bonds. The van der Waals surface area contributed by atoms with Crippen molar-refractivity contribution in [1.82, 2.24) is 0 Å². The molecule has 0 radical (unpaired) electrons. The van der Waals surface area contributed by atoms with Crippen molar-refractivity contribution in [3.8, 4) is 17.2 Å². The normalized spacial score (nSPS) is 14.0. The molecule has 0 spiro atoms. The molecule has 0 saturated heterocycles. The summed E-state index contributed by atoms with van der Waals surface area (Å²) in [5.41, 5.74) is 1.18. The van der Waals surface area contributed by atoms with Gasteiger partial charge in [0.25, 0.3) is 0 Å². The van der Waals surface area contributed by atoms with Gasteiger partial charge in [0, 0.05) is 11.8 Å². The van der Waals surface area contributed by atoms with E-state index in [9.17, 15) is 15.3 Å². The third kappa shape index (κ3) is 3.77. The maximum atomic E-state index is 10.2. The zero-order valence-electron chi connectivity index (χ0n) is 12.5. The zero-order chi connectivity index (χ0) is 16.1. The van der Waals surface area contributed by atoms with Gasteiger partial charge in [0.05, 0.1) is 13.2 Å². The molecule has 2 atom stereocenters. The van der Waals surface area contributed by atoms with Gasteiger partial charge in [0.1, 0.15) is 23.4 Å². The highest BCUT2D eigenvalue weighted by Crippen LogP contribution is 2.23. The maximum absolute atomic E-state index is 10.2. The summed E-state index contributed by atoms with van der Waals surface area (Å²) in [6, 6.07) is 10.8. The monoisotopic (exact) mass is 301 g/mol. The van der Waals surface area contributed by atoms with E-state index in [1.54, 1.807) is 38.3 Å². The highest BCUT2D eigenvalue weighted by molar-refractivity contribution is 5.84. The summed E-state index contributed by atoms with van der Waals surface area (Å²) in [6.07, 6.45) is 0.705. The number of aliphatic imine (C=N–C) groups is 1. The Kier molecular flexibility index (Phi) is 5.01. The van der Waals surface area contributed by atoms with E-state index in [2.05, 4.69) is 4.99 Å². The Hall–Kier alpha value is -2.53. The molecule has 5 nitrogen and oxygen atoms in total. The Morgan fingerprint density at radius 1 is 1.09 bits per heavy atom. The molecule has 2 aromatic rings. The molecule has 22 heavy (non-hydrogen) atoms. The number of hydrogen-bond donors (Lipinski definition) is 3. The third-order valence-electron chi connectivity index (χ3n) is 3.38. The topological polar surface area (TPSA) is 82.3 Å². The van der Waals surface area contributed by atoms with Crippen molar-refractivity contribution in [2.24, 2.45) is 4.99 Å². The van der Waals surface area contributed by atoms with E-state index in [1.165, 1.54) is 24.4 Å². The van der Waals surface area contributed by atoms with Crippen LogP contribution in [0.1, 0.15) is 24.2 Å². The van der Waals surface area contributed by atoms with E-state index in [0.29, 0.717) is 16.9 Å². The number of phenolic OH excluding ortho intramolecular Hbond substituents is 2. The van der Waals surface area contributed by atoms with Crippen molar-refractivity contribution in [3.05, 3.63) is 53.6 Å². The Bertz CT molecular complexity index is 652. The fraction of sp³-hybridized carbons (Fsp3) is 0.235. The van der Waals surface area contributed by atoms with Crippen molar-refractivity contribution in [1.29, 1.82) is 0 Å². The van der Waals surface area contributed by atoms with Crippen molar-refractivity contribution in [2.45, 2.75) is 19.1 Å². The minimum Gasteiger partial charge on any atom is -0.508 e. The van der Waals surface area contributed by atoms with Crippen LogP contribution in [-0.4, -0.2) is 34.7 Å². The summed E-state index contributed by atoms with van der Waals surface area (Å²) in [6.45, 7) is 1.77. The number of ether oxygens (including phenoxy) is 1. The van der Waals surface area contributed by atoms with Gasteiger partial charge < -0.3 is 20.1 Å². The van der Waals surface area contributed by atoms with Gasteiger partial charge in [-0.15, -0.1) is 0 Å². The summed E-state index contributed by atoms with van der Waals surface area (Å²) in [4.78, 5) is 4.28. The second kappa shape index (κ2) is 6.95. The fourth-order valence-electron chi connectivity index (χ4n) is 1.99. The number of benzene rings is 2. The number of aliphatic hydroxyl groups is 1. The van der Waals surface area contributed by atoms with Crippen molar-refractivity contribution >= 4 is 6.21 Å². The molecule has 116 valence electrons. The van der Waals surface area contributed by atoms with Gasteiger partial charge >= 0.3 is 0 Å². The smallest absolute Gasteiger partial charge is 0.124 e. The average molecular weight is 301 g/mol. The summed E-state index contributed by atoms with van der Waals surface area (Å²) >= 11 is 0. The molecular formula is C17H19NO4. The van der Waals surface area contributed by atoms with Crippen LogP contribution in [-0.2, 0) is 0 Å². The second-order valence-electron chi connectivity index (χ2n) is 4.98. The Balaban J connectivity index is 2.13. The van der Waals surface area contributed by atoms with Crippen LogP contribution in [0.2, 0.25) is 0 Å². The highest BCUT2D eigenvalue weighted by Gasteiger charge is 2.15. The van der Waals surface area contributed by atoms with Gasteiger partial charge in [-0.1, -0.05) is 12.1 Å². The van der Waals surface area contributed by atoms with E-state index in [-0.39, 0.29) is 11.5 Å². The number of hydrogen-bond acceptors (Lipinski definition) is 5. The highest BCUT2D eigenvalue weighted by atomic mass is 16.5. The Morgan fingerprint density at radius 2 is 1.77 bits per heavy atom. The second-order valence-corrected chi connectivity index (χ2v) is 4.98. The third-order valence-corrected chi connectivity index (χ3v) is 3.38. The lowest BCUT2D eigenvalue weighted by molar-refractivity contribution is 0.154. The molecule has 0 unspecified atom stereocenters. The van der Waals surface area contributed by atoms with Crippen LogP contribution in [0.15, 0.2) is 47.5 Å². The minimum absolute atomic E-state index is 0.0934. The van der Waals surface area contributed by atoms with Crippen molar-refractivity contribution in [3.63, 3.8) is 0 Å². The first kappa shape index (κ1) is 15.9. The number of rotatable bonds is 5. The first-order valence-corrected chi connectivity index (χ1v) is 6.88. The minimum atomic E-state index is -0.801. The average Bonchev–Trinajstić information content (AvgIpc) is 2.54. The van der Waals surface area contributed by atoms with Crippen LogP contribution >= 0.6 is 0 Å². The van der Waals surface area contributed by atoms with E-state index in [1.807, 2.05) is 0 Å². The van der Waals surface area contributed by atoms with Crippen LogP contribution in [0.25, 0.3) is 0 Å². The van der Waals surface area contributed by atoms with E-state index in [4.69, 9.17) is 4.74 Å². The lowest BCUT2D eigenvalue weighted by Crippen LogP contribution is -2.12. The number of methoxy groups -OCH3 is 1. The molecular weight excluding hydrogens is 282 g/mol. The van der Waals surface area contributed by atoms with E-state index in [0.717, 1.165) is 0 Å². The molecule has 0 aliphatic rings. The molecule has 0 heterocycles. The van der Waals surface area contributed by atoms with Crippen LogP contribution < -0.4 is 4.74 Å². The summed E-state index contributed by atoms with van der Waals surface area (Å²) in [5.74, 6) is 0.857. The van der Waals surface area contributed by atoms with Gasteiger partial charge in [0.15, 0.2) is 0 Å². The number of phenols is 2. The maximum Gasteiger partial charge on any atom is 0.124 e. The summed E-state index contributed by atoms with van der Waals surface area (Å²) < 4.78 is 5.10. The predicted molar refractivity (Wildman–Crippen MR) is 84.8 cm³/mol.